The molecular formula is C8H8F4O2. The van der Waals surface area contributed by atoms with E-state index < -0.39 is 42.3 Å². The topological polar surface area (TPSA) is 40.5 Å². The van der Waals surface area contributed by atoms with E-state index in [0.717, 1.165) is 0 Å². The predicted octanol–water partition coefficient (Wildman–Crippen LogP) is 1.11. The van der Waals surface area contributed by atoms with Gasteiger partial charge in [-0.25, -0.2) is 17.6 Å². The number of halogens is 4. The zero-order valence-corrected chi connectivity index (χ0v) is 6.98. The molecular weight excluding hydrogens is 204 g/mol. The van der Waals surface area contributed by atoms with Crippen molar-refractivity contribution in [3.05, 3.63) is 23.3 Å². The maximum absolute atomic E-state index is 13.2. The van der Waals surface area contributed by atoms with Crippen LogP contribution in [0.5, 0.6) is 0 Å². The smallest absolute Gasteiger partial charge is 0.221 e. The molecule has 0 aliphatic heterocycles. The van der Waals surface area contributed by atoms with E-state index in [1.807, 2.05) is 0 Å². The van der Waals surface area contributed by atoms with Crippen LogP contribution in [0.1, 0.15) is 0 Å². The molecule has 0 heterocycles. The van der Waals surface area contributed by atoms with Gasteiger partial charge in [-0.1, -0.05) is 0 Å². The van der Waals surface area contributed by atoms with Crippen molar-refractivity contribution >= 4 is 0 Å². The van der Waals surface area contributed by atoms with Gasteiger partial charge in [-0.05, 0) is 6.08 Å². The third-order valence-corrected chi connectivity index (χ3v) is 2.03. The number of rotatable bonds is 2. The summed E-state index contributed by atoms with van der Waals surface area (Å²) in [4.78, 5) is 0. The van der Waals surface area contributed by atoms with Gasteiger partial charge < -0.3 is 10.2 Å². The first kappa shape index (κ1) is 11.2. The molecule has 0 fully saturated rings. The van der Waals surface area contributed by atoms with E-state index in [9.17, 15) is 17.6 Å². The van der Waals surface area contributed by atoms with E-state index in [0.29, 0.717) is 6.08 Å². The Bertz CT molecular complexity index is 300. The standard InChI is InChI=1S/C8H8F4O2/c9-5-1-4(2-13)6(10)7(11)8(5,12)3-14/h1,7,13-14H,2-3H2. The molecule has 0 saturated heterocycles. The van der Waals surface area contributed by atoms with Crippen molar-refractivity contribution in [2.24, 2.45) is 0 Å². The molecule has 2 atom stereocenters. The van der Waals surface area contributed by atoms with E-state index in [4.69, 9.17) is 10.2 Å². The lowest BCUT2D eigenvalue weighted by molar-refractivity contribution is 0.0125. The Hall–Kier alpha value is -0.880. The number of allylic oxidation sites excluding steroid dienone is 1. The molecule has 0 aromatic heterocycles. The fourth-order valence-corrected chi connectivity index (χ4v) is 1.10. The van der Waals surface area contributed by atoms with Gasteiger partial charge in [-0.2, -0.15) is 0 Å². The summed E-state index contributed by atoms with van der Waals surface area (Å²) in [6, 6.07) is 0. The third-order valence-electron chi connectivity index (χ3n) is 2.03. The average molecular weight is 212 g/mol. The van der Waals surface area contributed by atoms with Gasteiger partial charge >= 0.3 is 0 Å². The highest BCUT2D eigenvalue weighted by Crippen LogP contribution is 2.39. The van der Waals surface area contributed by atoms with Crippen molar-refractivity contribution in [1.29, 1.82) is 0 Å². The molecule has 2 N–H and O–H groups in total. The first-order valence-electron chi connectivity index (χ1n) is 3.78. The summed E-state index contributed by atoms with van der Waals surface area (Å²) in [5.74, 6) is -3.22. The Balaban J connectivity index is 3.16. The number of aliphatic hydroxyl groups is 2. The van der Waals surface area contributed by atoms with Crippen LogP contribution >= 0.6 is 0 Å². The fourth-order valence-electron chi connectivity index (χ4n) is 1.10. The lowest BCUT2D eigenvalue weighted by Gasteiger charge is -2.28. The summed E-state index contributed by atoms with van der Waals surface area (Å²) >= 11 is 0. The summed E-state index contributed by atoms with van der Waals surface area (Å²) in [6.07, 6.45) is -2.57. The molecule has 1 aliphatic rings. The van der Waals surface area contributed by atoms with Crippen molar-refractivity contribution in [3.63, 3.8) is 0 Å². The van der Waals surface area contributed by atoms with Gasteiger partial charge in [-0.15, -0.1) is 0 Å². The number of alkyl halides is 2. The van der Waals surface area contributed by atoms with Gasteiger partial charge in [0, 0.05) is 5.57 Å². The fraction of sp³-hybridized carbons (Fsp3) is 0.500. The zero-order valence-electron chi connectivity index (χ0n) is 6.98. The van der Waals surface area contributed by atoms with E-state index in [2.05, 4.69) is 0 Å². The van der Waals surface area contributed by atoms with Crippen LogP contribution in [0.4, 0.5) is 17.6 Å². The van der Waals surface area contributed by atoms with Crippen LogP contribution in [0.2, 0.25) is 0 Å². The molecule has 0 saturated carbocycles. The minimum Gasteiger partial charge on any atom is -0.392 e. The van der Waals surface area contributed by atoms with Crippen LogP contribution in [-0.2, 0) is 0 Å². The van der Waals surface area contributed by atoms with Crippen LogP contribution < -0.4 is 0 Å². The maximum atomic E-state index is 13.2. The van der Waals surface area contributed by atoms with E-state index in [1.165, 1.54) is 0 Å². The van der Waals surface area contributed by atoms with Gasteiger partial charge in [0.25, 0.3) is 0 Å². The number of hydrogen-bond donors (Lipinski definition) is 2. The summed E-state index contributed by atoms with van der Waals surface area (Å²) in [5, 5.41) is 16.9. The lowest BCUT2D eigenvalue weighted by atomic mass is 9.90. The normalized spacial score (nSPS) is 33.3. The van der Waals surface area contributed by atoms with Crippen LogP contribution in [-0.4, -0.2) is 35.3 Å². The van der Waals surface area contributed by atoms with Gasteiger partial charge in [0.05, 0.1) is 13.2 Å². The molecule has 2 unspecified atom stereocenters. The Morgan fingerprint density at radius 2 is 1.93 bits per heavy atom. The lowest BCUT2D eigenvalue weighted by Crippen LogP contribution is -2.42. The molecule has 1 aliphatic carbocycles. The Kier molecular flexibility index (Phi) is 2.96. The second-order valence-corrected chi connectivity index (χ2v) is 2.91. The van der Waals surface area contributed by atoms with Crippen molar-refractivity contribution in [1.82, 2.24) is 0 Å². The first-order valence-corrected chi connectivity index (χ1v) is 3.78. The number of hydrogen-bond acceptors (Lipinski definition) is 2. The van der Waals surface area contributed by atoms with Crippen LogP contribution in [0.3, 0.4) is 0 Å². The minimum atomic E-state index is -3.37. The molecule has 0 bridgehead atoms. The molecule has 80 valence electrons. The Labute approximate surface area is 77.2 Å². The third kappa shape index (κ3) is 1.44. The quantitative estimate of drug-likeness (QED) is 0.673. The van der Waals surface area contributed by atoms with Gasteiger partial charge in [0.15, 0.2) is 6.17 Å². The van der Waals surface area contributed by atoms with Gasteiger partial charge in [-0.3, -0.25) is 0 Å². The summed E-state index contributed by atoms with van der Waals surface area (Å²) in [7, 11) is 0. The highest BCUT2D eigenvalue weighted by Gasteiger charge is 2.49. The average Bonchev–Trinajstić information content (AvgIpc) is 2.20. The van der Waals surface area contributed by atoms with Crippen molar-refractivity contribution in [3.8, 4) is 0 Å². The van der Waals surface area contributed by atoms with Crippen LogP contribution in [0, 0.1) is 0 Å². The largest absolute Gasteiger partial charge is 0.392 e. The molecule has 1 rings (SSSR count). The van der Waals surface area contributed by atoms with Gasteiger partial charge in [0.2, 0.25) is 5.67 Å². The highest BCUT2D eigenvalue weighted by molar-refractivity contribution is 5.38. The summed E-state index contributed by atoms with van der Waals surface area (Å²) < 4.78 is 51.9. The highest BCUT2D eigenvalue weighted by atomic mass is 19.2. The second kappa shape index (κ2) is 3.70. The molecule has 0 radical (unpaired) electrons. The van der Waals surface area contributed by atoms with Crippen LogP contribution in [0.25, 0.3) is 0 Å². The summed E-state index contributed by atoms with van der Waals surface area (Å²) in [5.41, 5.74) is -4.03. The second-order valence-electron chi connectivity index (χ2n) is 2.91. The van der Waals surface area contributed by atoms with Crippen molar-refractivity contribution in [2.75, 3.05) is 13.2 Å². The number of aliphatic hydroxyl groups excluding tert-OH is 2. The van der Waals surface area contributed by atoms with E-state index in [1.54, 1.807) is 0 Å². The Morgan fingerprint density at radius 1 is 1.36 bits per heavy atom. The van der Waals surface area contributed by atoms with E-state index in [-0.39, 0.29) is 0 Å². The molecule has 2 nitrogen and oxygen atoms in total. The summed E-state index contributed by atoms with van der Waals surface area (Å²) in [6.45, 7) is -2.43. The molecule has 0 aromatic carbocycles. The first-order chi connectivity index (χ1) is 6.47. The predicted molar refractivity (Wildman–Crippen MR) is 40.2 cm³/mol. The SMILES string of the molecule is OCC1=C(F)C(F)C(F)(CO)C(F)=C1. The molecule has 0 spiro atoms. The molecule has 0 aromatic rings. The van der Waals surface area contributed by atoms with Gasteiger partial charge in [0.1, 0.15) is 11.7 Å². The zero-order chi connectivity index (χ0) is 10.9. The molecule has 0 amide bonds. The van der Waals surface area contributed by atoms with Crippen molar-refractivity contribution in [2.45, 2.75) is 11.8 Å². The molecule has 6 heteroatoms. The minimum absolute atomic E-state index is 0.349. The Morgan fingerprint density at radius 3 is 2.36 bits per heavy atom. The maximum Gasteiger partial charge on any atom is 0.221 e. The van der Waals surface area contributed by atoms with Crippen LogP contribution in [0.15, 0.2) is 23.3 Å². The van der Waals surface area contributed by atoms with E-state index >= 15 is 0 Å². The molecule has 14 heavy (non-hydrogen) atoms. The monoisotopic (exact) mass is 212 g/mol. The van der Waals surface area contributed by atoms with Crippen molar-refractivity contribution < 1.29 is 27.8 Å².